The molecule has 4 aromatic heterocycles. The van der Waals surface area contributed by atoms with E-state index in [4.69, 9.17) is 19.9 Å². The molecule has 10 aromatic rings. The van der Waals surface area contributed by atoms with Crippen molar-refractivity contribution in [3.8, 4) is 66.8 Å². The largest absolute Gasteiger partial charge is 0.355 e. The molecule has 8 heteroatoms. The minimum atomic E-state index is 0.829. The van der Waals surface area contributed by atoms with Crippen molar-refractivity contribution in [3.63, 3.8) is 0 Å². The average Bonchev–Trinajstić information content (AvgIpc) is 4.52. The van der Waals surface area contributed by atoms with Gasteiger partial charge in [-0.3, -0.25) is 0 Å². The maximum Gasteiger partial charge on any atom is 0.0738 e. The van der Waals surface area contributed by atoms with Gasteiger partial charge >= 0.3 is 0 Å². The summed E-state index contributed by atoms with van der Waals surface area (Å²) in [7, 11) is 0. The summed E-state index contributed by atoms with van der Waals surface area (Å²) >= 11 is 0. The number of nitrogens with zero attached hydrogens (tertiary/aromatic N) is 4. The van der Waals surface area contributed by atoms with E-state index in [0.717, 1.165) is 157 Å². The Hall–Kier alpha value is -11.2. The van der Waals surface area contributed by atoms with Crippen LogP contribution in [0.3, 0.4) is 0 Å². The Labute approximate surface area is 473 Å². The Morgan fingerprint density at radius 3 is 0.817 bits per heavy atom. The van der Waals surface area contributed by atoms with Crippen molar-refractivity contribution in [2.45, 2.75) is 0 Å². The number of H-pyrrole nitrogens is 3. The first kappa shape index (κ1) is 47.9. The van der Waals surface area contributed by atoms with Crippen LogP contribution in [0.1, 0.15) is 45.6 Å². The van der Waals surface area contributed by atoms with Crippen LogP contribution in [0.2, 0.25) is 0 Å². The normalized spacial score (nSPS) is 12.3. The second-order valence-corrected chi connectivity index (χ2v) is 20.5. The molecule has 16 rings (SSSR count). The summed E-state index contributed by atoms with van der Waals surface area (Å²) in [5, 5.41) is 3.72. The lowest BCUT2D eigenvalue weighted by Gasteiger charge is -2.19. The molecule has 0 atom stereocenters. The molecule has 0 radical (unpaired) electrons. The number of rotatable bonds is 6. The molecule has 10 heterocycles. The van der Waals surface area contributed by atoms with Crippen LogP contribution in [0.4, 0.5) is 11.4 Å². The predicted molar refractivity (Wildman–Crippen MR) is 342 cm³/mol. The Balaban J connectivity index is 1.04. The summed E-state index contributed by atoms with van der Waals surface area (Å²) < 4.78 is 0. The van der Waals surface area contributed by atoms with Gasteiger partial charge in [-0.1, -0.05) is 182 Å². The highest BCUT2D eigenvalue weighted by Crippen LogP contribution is 2.42. The van der Waals surface area contributed by atoms with Gasteiger partial charge in [0.2, 0.25) is 0 Å². The lowest BCUT2D eigenvalue weighted by atomic mass is 10.00. The number of nitrogens with one attached hydrogen (secondary N) is 4. The first-order valence-corrected chi connectivity index (χ1v) is 27.5. The minimum absolute atomic E-state index is 0.829. The van der Waals surface area contributed by atoms with Crippen molar-refractivity contribution >= 4 is 93.1 Å². The topological polar surface area (TPSA) is 111 Å². The van der Waals surface area contributed by atoms with Gasteiger partial charge in [-0.05, 0) is 131 Å². The molecule has 0 amide bonds. The van der Waals surface area contributed by atoms with E-state index in [9.17, 15) is 0 Å². The molecule has 0 fully saturated rings. The van der Waals surface area contributed by atoms with Crippen LogP contribution in [0.25, 0.3) is 148 Å². The molecule has 0 saturated heterocycles. The van der Waals surface area contributed by atoms with E-state index in [0.29, 0.717) is 0 Å². The maximum atomic E-state index is 5.50. The highest BCUT2D eigenvalue weighted by atomic mass is 14.9. The van der Waals surface area contributed by atoms with Crippen molar-refractivity contribution in [1.29, 1.82) is 0 Å². The third kappa shape index (κ3) is 8.96. The van der Waals surface area contributed by atoms with Gasteiger partial charge in [0.15, 0.2) is 0 Å². The van der Waals surface area contributed by atoms with E-state index >= 15 is 0 Å². The second kappa shape index (κ2) is 20.5. The van der Waals surface area contributed by atoms with E-state index in [1.807, 2.05) is 36.4 Å². The van der Waals surface area contributed by atoms with Gasteiger partial charge < -0.3 is 20.3 Å². The monoisotopic (exact) mass is 1050 g/mol. The van der Waals surface area contributed by atoms with Crippen LogP contribution in [0.5, 0.6) is 0 Å². The number of hydrogen-bond donors (Lipinski definition) is 4. The molecule has 0 saturated carbocycles. The predicted octanol–water partition coefficient (Wildman–Crippen LogP) is 18.9. The summed E-state index contributed by atoms with van der Waals surface area (Å²) in [4.78, 5) is 33.3. The molecule has 16 bridgehead atoms. The van der Waals surface area contributed by atoms with Crippen LogP contribution in [0, 0.1) is 0 Å². The van der Waals surface area contributed by atoms with E-state index < -0.39 is 0 Å². The van der Waals surface area contributed by atoms with Gasteiger partial charge in [0.25, 0.3) is 0 Å². The molecule has 0 unspecified atom stereocenters. The fraction of sp³-hybridized carbons (Fsp3) is 0. The molecule has 6 aliphatic rings. The van der Waals surface area contributed by atoms with Crippen molar-refractivity contribution in [2.75, 3.05) is 5.32 Å². The van der Waals surface area contributed by atoms with E-state index in [1.165, 1.54) is 0 Å². The number of anilines is 2. The smallest absolute Gasteiger partial charge is 0.0738 e. The quantitative estimate of drug-likeness (QED) is 0.133. The van der Waals surface area contributed by atoms with E-state index in [2.05, 4.69) is 263 Å². The molecular formula is C74H50N8. The zero-order valence-electron chi connectivity index (χ0n) is 44.3. The number of aromatic amines is 3. The first-order chi connectivity index (χ1) is 40.6. The standard InChI is InChI=1S/C74H50N8/c1-7-19-47(20-8-1)69-57-32-31-53(75-57)45-54-46-68(76-54)74(52-29-17-6-18-30-52)67-44-43-66(82-67)73(51-27-15-5-16-28-51)65-42-40-62(81-65)71(49-23-11-3-12-24-49)59-36-34-56(78-59)55-33-35-58(77-55)70(48-21-9-2-10-22-48)61-39-41-64(80-61)72(50-25-13-4-14-26-50)63-38-37-60(69)79-63/h1-46,75-78H. The van der Waals surface area contributed by atoms with Crippen LogP contribution in [-0.4, -0.2) is 34.9 Å². The van der Waals surface area contributed by atoms with Gasteiger partial charge in [-0.15, -0.1) is 0 Å². The van der Waals surface area contributed by atoms with Crippen molar-refractivity contribution < 1.29 is 0 Å². The van der Waals surface area contributed by atoms with Gasteiger partial charge in [0.05, 0.1) is 62.3 Å². The van der Waals surface area contributed by atoms with Gasteiger partial charge in [0, 0.05) is 61.1 Å². The number of benzene rings is 6. The molecule has 386 valence electrons. The van der Waals surface area contributed by atoms with Crippen LogP contribution >= 0.6 is 0 Å². The minimum Gasteiger partial charge on any atom is -0.355 e. The lowest BCUT2D eigenvalue weighted by Crippen LogP contribution is -2.01. The molecule has 4 N–H and O–H groups in total. The first-order valence-electron chi connectivity index (χ1n) is 27.5. The molecule has 6 aliphatic heterocycles. The Kier molecular flexibility index (Phi) is 12.0. The summed E-state index contributed by atoms with van der Waals surface area (Å²) in [5.41, 5.74) is 26.5. The lowest BCUT2D eigenvalue weighted by molar-refractivity contribution is 1.27. The Morgan fingerprint density at radius 2 is 0.476 bits per heavy atom. The fourth-order valence-corrected chi connectivity index (χ4v) is 11.5. The van der Waals surface area contributed by atoms with Gasteiger partial charge in [-0.2, -0.15) is 0 Å². The highest BCUT2D eigenvalue weighted by molar-refractivity contribution is 6.00. The molecular weight excluding hydrogens is 1000 g/mol. The molecule has 6 aromatic carbocycles. The summed E-state index contributed by atoms with van der Waals surface area (Å²) in [6, 6.07) is 80.1. The second-order valence-electron chi connectivity index (χ2n) is 20.5. The summed E-state index contributed by atoms with van der Waals surface area (Å²) in [6.45, 7) is 0. The maximum absolute atomic E-state index is 5.50. The Bertz CT molecular complexity index is 4780. The highest BCUT2D eigenvalue weighted by Gasteiger charge is 2.22. The van der Waals surface area contributed by atoms with Gasteiger partial charge in [-0.25, -0.2) is 19.9 Å². The molecule has 82 heavy (non-hydrogen) atoms. The number of hydrogen-bond acceptors (Lipinski definition) is 5. The van der Waals surface area contributed by atoms with Crippen LogP contribution < -0.4 is 5.32 Å². The van der Waals surface area contributed by atoms with Crippen LogP contribution in [0.15, 0.2) is 231 Å². The molecule has 8 nitrogen and oxygen atoms in total. The SMILES string of the molecule is C1=Cc2nc1c(-c1ccccc1)c1cc(cc3ccc([nH]3)c(-c3ccccc3)c3nc(c(-c4ccccc4)c4nc(c(-c5ccccc5)c5ccc([nH]5)c5ccc([nH]5)c(-c5ccccc5)c5nc(c2-c2ccccc2)C=C5)C=C4)C=C3)N1. The van der Waals surface area contributed by atoms with Crippen LogP contribution in [-0.2, 0) is 0 Å². The van der Waals surface area contributed by atoms with E-state index in [1.54, 1.807) is 0 Å². The zero-order valence-corrected chi connectivity index (χ0v) is 44.3. The summed E-state index contributed by atoms with van der Waals surface area (Å²) in [5.74, 6) is 0. The third-order valence-electron chi connectivity index (χ3n) is 15.3. The number of aromatic nitrogens is 7. The Morgan fingerprint density at radius 1 is 0.220 bits per heavy atom. The van der Waals surface area contributed by atoms with Crippen molar-refractivity contribution in [2.24, 2.45) is 0 Å². The summed E-state index contributed by atoms with van der Waals surface area (Å²) in [6.07, 6.45) is 17.0. The molecule has 0 aliphatic carbocycles. The molecule has 0 spiro atoms. The third-order valence-corrected chi connectivity index (χ3v) is 15.3. The van der Waals surface area contributed by atoms with Gasteiger partial charge in [0.1, 0.15) is 0 Å². The zero-order chi connectivity index (χ0) is 54.3. The van der Waals surface area contributed by atoms with Crippen molar-refractivity contribution in [1.82, 2.24) is 34.9 Å². The van der Waals surface area contributed by atoms with Crippen molar-refractivity contribution in [3.05, 3.63) is 276 Å². The fourth-order valence-electron chi connectivity index (χ4n) is 11.5. The van der Waals surface area contributed by atoms with E-state index in [-0.39, 0.29) is 0 Å². The average molecular weight is 1050 g/mol.